The van der Waals surface area contributed by atoms with E-state index in [0.29, 0.717) is 11.4 Å². The molecule has 2 rings (SSSR count). The summed E-state index contributed by atoms with van der Waals surface area (Å²) in [7, 11) is 0. The van der Waals surface area contributed by atoms with Gasteiger partial charge in [-0.15, -0.1) is 0 Å². The van der Waals surface area contributed by atoms with E-state index in [1.807, 2.05) is 6.07 Å². The molecule has 1 N–H and O–H groups in total. The van der Waals surface area contributed by atoms with E-state index in [-0.39, 0.29) is 20.6 Å². The second-order valence-electron chi connectivity index (χ2n) is 2.48. The number of hydrogen-bond donors (Lipinski definition) is 1. The highest BCUT2D eigenvalue weighted by molar-refractivity contribution is 5.62. The van der Waals surface area contributed by atoms with Crippen molar-refractivity contribution in [1.82, 2.24) is 15.0 Å². The van der Waals surface area contributed by atoms with Crippen LogP contribution in [-0.4, -0.2) is 20.1 Å². The van der Waals surface area contributed by atoms with Crippen LogP contribution in [0.25, 0.3) is 11.4 Å². The molecule has 4 nitrogen and oxygen atoms in total. The number of para-hydroxylation sites is 1. The zero-order valence-corrected chi connectivity index (χ0v) is 6.75. The summed E-state index contributed by atoms with van der Waals surface area (Å²) in [5, 5.41) is 9.46. The maximum Gasteiger partial charge on any atom is 0.166 e. The Kier molecular flexibility index (Phi) is 4.95. The van der Waals surface area contributed by atoms with Crippen LogP contribution in [0.4, 0.5) is 0 Å². The zero-order chi connectivity index (χ0) is 9.10. The average molecular weight is 205 g/mol. The van der Waals surface area contributed by atoms with Crippen molar-refractivity contribution in [2.45, 2.75) is 14.9 Å². The number of phenols is 1. The molecule has 0 spiro atoms. The van der Waals surface area contributed by atoms with Crippen LogP contribution in [0.5, 0.6) is 5.75 Å². The summed E-state index contributed by atoms with van der Waals surface area (Å²) in [5.74, 6) is 0.654. The quantitative estimate of drug-likeness (QED) is 0.777. The topological polar surface area (TPSA) is 58.9 Å². The number of phenolic OH excluding ortho intramolecular Hbond substituents is 1. The molecule has 1 heterocycles. The van der Waals surface area contributed by atoms with E-state index >= 15 is 0 Å². The van der Waals surface area contributed by atoms with Gasteiger partial charge in [-0.2, -0.15) is 0 Å². The number of aromatic hydroxyl groups is 1. The minimum atomic E-state index is 0. The molecule has 2 aromatic rings. The molecule has 0 aliphatic heterocycles. The highest BCUT2D eigenvalue weighted by atomic mass is 16.3. The van der Waals surface area contributed by atoms with Gasteiger partial charge in [0.05, 0.1) is 5.56 Å². The lowest BCUT2D eigenvalue weighted by atomic mass is 10.2. The number of rotatable bonds is 1. The molecule has 15 heavy (non-hydrogen) atoms. The van der Waals surface area contributed by atoms with E-state index in [2.05, 4.69) is 15.0 Å². The third kappa shape index (κ3) is 2.74. The largest absolute Gasteiger partial charge is 0.507 e. The molecule has 0 aliphatic rings. The summed E-state index contributed by atoms with van der Waals surface area (Å²) < 4.78 is 0. The van der Waals surface area contributed by atoms with Crippen molar-refractivity contribution in [2.24, 2.45) is 0 Å². The van der Waals surface area contributed by atoms with Crippen LogP contribution in [-0.2, 0) is 0 Å². The van der Waals surface area contributed by atoms with Gasteiger partial charge in [0.25, 0.3) is 0 Å². The minimum absolute atomic E-state index is 0. The molecule has 0 unspecified atom stereocenters. The van der Waals surface area contributed by atoms with Gasteiger partial charge in [-0.05, 0) is 12.1 Å². The zero-order valence-electron chi connectivity index (χ0n) is 6.75. The first kappa shape index (κ1) is 13.0. The smallest absolute Gasteiger partial charge is 0.166 e. The molecule has 0 saturated carbocycles. The summed E-state index contributed by atoms with van der Waals surface area (Å²) in [6.45, 7) is 0. The van der Waals surface area contributed by atoms with Crippen molar-refractivity contribution in [1.29, 1.82) is 0 Å². The summed E-state index contributed by atoms with van der Waals surface area (Å²) in [5.41, 5.74) is 0.616. The standard InChI is InChI=1S/C9H7N3O.2CH4/c13-8-4-2-1-3-7(8)9-11-5-10-6-12-9;;/h1-6,13H;2*1H4. The predicted octanol–water partition coefficient (Wildman–Crippen LogP) is 2.52. The van der Waals surface area contributed by atoms with Gasteiger partial charge < -0.3 is 5.11 Å². The van der Waals surface area contributed by atoms with Gasteiger partial charge in [-0.3, -0.25) is 0 Å². The molecule has 80 valence electrons. The SMILES string of the molecule is C.C.Oc1ccccc1-c1ncncn1. The van der Waals surface area contributed by atoms with Gasteiger partial charge in [0.2, 0.25) is 0 Å². The fourth-order valence-electron chi connectivity index (χ4n) is 1.04. The minimum Gasteiger partial charge on any atom is -0.507 e. The van der Waals surface area contributed by atoms with Gasteiger partial charge in [-0.25, -0.2) is 15.0 Å². The first-order valence-corrected chi connectivity index (χ1v) is 3.78. The molecule has 0 fully saturated rings. The Hall–Kier alpha value is -1.97. The third-order valence-corrected chi connectivity index (χ3v) is 1.64. The molecule has 0 aliphatic carbocycles. The van der Waals surface area contributed by atoms with Gasteiger partial charge in [0, 0.05) is 0 Å². The molecule has 1 aromatic carbocycles. The Bertz CT molecular complexity index is 404. The second kappa shape index (κ2) is 5.70. The lowest BCUT2D eigenvalue weighted by molar-refractivity contribution is 0.477. The van der Waals surface area contributed by atoms with E-state index in [4.69, 9.17) is 0 Å². The van der Waals surface area contributed by atoms with Crippen molar-refractivity contribution in [3.63, 3.8) is 0 Å². The lowest BCUT2D eigenvalue weighted by Crippen LogP contribution is -1.88. The van der Waals surface area contributed by atoms with E-state index in [9.17, 15) is 5.11 Å². The van der Waals surface area contributed by atoms with E-state index in [1.165, 1.54) is 12.7 Å². The summed E-state index contributed by atoms with van der Waals surface area (Å²) in [6, 6.07) is 6.92. The molecular weight excluding hydrogens is 190 g/mol. The fourth-order valence-corrected chi connectivity index (χ4v) is 1.04. The molecule has 0 amide bonds. The Morgan fingerprint density at radius 3 is 2.13 bits per heavy atom. The molecule has 0 radical (unpaired) electrons. The molecule has 4 heteroatoms. The van der Waals surface area contributed by atoms with Crippen LogP contribution in [0.15, 0.2) is 36.9 Å². The highest BCUT2D eigenvalue weighted by Crippen LogP contribution is 2.24. The molecule has 0 saturated heterocycles. The Labute approximate surface area is 89.7 Å². The lowest BCUT2D eigenvalue weighted by Gasteiger charge is -2.00. The van der Waals surface area contributed by atoms with E-state index < -0.39 is 0 Å². The van der Waals surface area contributed by atoms with Crippen LogP contribution < -0.4 is 0 Å². The van der Waals surface area contributed by atoms with Crippen molar-refractivity contribution in [2.75, 3.05) is 0 Å². The Morgan fingerprint density at radius 2 is 1.53 bits per heavy atom. The van der Waals surface area contributed by atoms with Crippen molar-refractivity contribution >= 4 is 0 Å². The van der Waals surface area contributed by atoms with Crippen LogP contribution in [0.3, 0.4) is 0 Å². The maximum absolute atomic E-state index is 9.46. The first-order chi connectivity index (χ1) is 6.38. The van der Waals surface area contributed by atoms with Gasteiger partial charge >= 0.3 is 0 Å². The van der Waals surface area contributed by atoms with Crippen LogP contribution in [0, 0.1) is 0 Å². The third-order valence-electron chi connectivity index (χ3n) is 1.64. The highest BCUT2D eigenvalue weighted by Gasteiger charge is 2.03. The van der Waals surface area contributed by atoms with Crippen LogP contribution in [0.2, 0.25) is 0 Å². The van der Waals surface area contributed by atoms with E-state index in [0.717, 1.165) is 0 Å². The molecule has 0 atom stereocenters. The summed E-state index contributed by atoms with van der Waals surface area (Å²) in [4.78, 5) is 11.6. The predicted molar refractivity (Wildman–Crippen MR) is 60.4 cm³/mol. The van der Waals surface area contributed by atoms with Gasteiger partial charge in [-0.1, -0.05) is 27.0 Å². The summed E-state index contributed by atoms with van der Waals surface area (Å²) in [6.07, 6.45) is 2.80. The van der Waals surface area contributed by atoms with E-state index in [1.54, 1.807) is 18.2 Å². The maximum atomic E-state index is 9.46. The molecule has 1 aromatic heterocycles. The average Bonchev–Trinajstić information content (AvgIpc) is 2.20. The number of nitrogens with zero attached hydrogens (tertiary/aromatic N) is 3. The van der Waals surface area contributed by atoms with Gasteiger partial charge in [0.1, 0.15) is 18.4 Å². The molecular formula is C11H15N3O. The Morgan fingerprint density at radius 1 is 0.933 bits per heavy atom. The van der Waals surface area contributed by atoms with Crippen molar-refractivity contribution < 1.29 is 5.11 Å². The monoisotopic (exact) mass is 205 g/mol. The van der Waals surface area contributed by atoms with Crippen LogP contribution >= 0.6 is 0 Å². The first-order valence-electron chi connectivity index (χ1n) is 3.78. The Balaban J connectivity index is 0.000000980. The number of hydrogen-bond acceptors (Lipinski definition) is 4. The summed E-state index contributed by atoms with van der Waals surface area (Å²) >= 11 is 0. The van der Waals surface area contributed by atoms with Gasteiger partial charge in [0.15, 0.2) is 5.82 Å². The molecule has 0 bridgehead atoms. The number of benzene rings is 1. The second-order valence-corrected chi connectivity index (χ2v) is 2.48. The van der Waals surface area contributed by atoms with Crippen molar-refractivity contribution in [3.05, 3.63) is 36.9 Å². The van der Waals surface area contributed by atoms with Crippen LogP contribution in [0.1, 0.15) is 14.9 Å². The fraction of sp³-hybridized carbons (Fsp3) is 0.182. The normalized spacial score (nSPS) is 8.53. The van der Waals surface area contributed by atoms with Crippen molar-refractivity contribution in [3.8, 4) is 17.1 Å². The number of aromatic nitrogens is 3.